The second kappa shape index (κ2) is 6.70. The number of carbonyl (C=O) groups is 3. The average molecular weight is 349 g/mol. The molecule has 2 aliphatic rings. The summed E-state index contributed by atoms with van der Waals surface area (Å²) in [5, 5.41) is 5.37. The molecule has 1 aromatic carbocycles. The van der Waals surface area contributed by atoms with Crippen LogP contribution in [0, 0.1) is 5.82 Å². The molecule has 3 rings (SSSR count). The van der Waals surface area contributed by atoms with Crippen molar-refractivity contribution in [2.45, 2.75) is 37.6 Å². The molecule has 8 heteroatoms. The summed E-state index contributed by atoms with van der Waals surface area (Å²) >= 11 is 0. The van der Waals surface area contributed by atoms with Gasteiger partial charge in [0.25, 0.3) is 5.91 Å². The lowest BCUT2D eigenvalue weighted by atomic mass is 9.98. The van der Waals surface area contributed by atoms with Crippen LogP contribution in [-0.4, -0.2) is 41.9 Å². The quantitative estimate of drug-likeness (QED) is 0.796. The summed E-state index contributed by atoms with van der Waals surface area (Å²) in [4.78, 5) is 37.8. The maximum Gasteiger partial charge on any atom is 0.325 e. The van der Waals surface area contributed by atoms with E-state index in [0.717, 1.165) is 23.8 Å². The summed E-state index contributed by atoms with van der Waals surface area (Å²) in [6, 6.07) is 3.32. The Balaban J connectivity index is 1.59. The molecule has 134 valence electrons. The van der Waals surface area contributed by atoms with Crippen LogP contribution in [-0.2, 0) is 9.59 Å². The van der Waals surface area contributed by atoms with Gasteiger partial charge in [-0.3, -0.25) is 14.5 Å². The van der Waals surface area contributed by atoms with Crippen LogP contribution in [0.15, 0.2) is 18.2 Å². The molecule has 1 aliphatic heterocycles. The van der Waals surface area contributed by atoms with E-state index in [2.05, 4.69) is 10.6 Å². The number of halogens is 1. The highest BCUT2D eigenvalue weighted by Gasteiger charge is 2.52. The van der Waals surface area contributed by atoms with Crippen molar-refractivity contribution in [1.29, 1.82) is 0 Å². The SMILES string of the molecule is COc1cc(F)ccc1NC(=O)CCN1C(=O)NC2(CCCC2)C1=O. The van der Waals surface area contributed by atoms with Crippen molar-refractivity contribution in [2.24, 2.45) is 0 Å². The van der Waals surface area contributed by atoms with Crippen molar-refractivity contribution < 1.29 is 23.5 Å². The van der Waals surface area contributed by atoms with Crippen molar-refractivity contribution in [3.8, 4) is 5.75 Å². The molecule has 1 heterocycles. The van der Waals surface area contributed by atoms with Crippen molar-refractivity contribution in [2.75, 3.05) is 19.0 Å². The predicted molar refractivity (Wildman–Crippen MR) is 87.6 cm³/mol. The number of nitrogens with one attached hydrogen (secondary N) is 2. The standard InChI is InChI=1S/C17H20FN3O4/c1-25-13-10-11(18)4-5-12(13)19-14(22)6-9-21-15(23)17(20-16(21)24)7-2-3-8-17/h4-5,10H,2-3,6-9H2,1H3,(H,19,22)(H,20,24). The number of nitrogens with zero attached hydrogens (tertiary/aromatic N) is 1. The number of ether oxygens (including phenoxy) is 1. The van der Waals surface area contributed by atoms with Crippen LogP contribution in [0.5, 0.6) is 5.75 Å². The van der Waals surface area contributed by atoms with Gasteiger partial charge in [0, 0.05) is 19.0 Å². The number of methoxy groups -OCH3 is 1. The Kier molecular flexibility index (Phi) is 4.61. The van der Waals surface area contributed by atoms with E-state index >= 15 is 0 Å². The number of rotatable bonds is 5. The number of imide groups is 1. The fourth-order valence-corrected chi connectivity index (χ4v) is 3.39. The second-order valence-corrected chi connectivity index (χ2v) is 6.32. The van der Waals surface area contributed by atoms with Crippen molar-refractivity contribution in [1.82, 2.24) is 10.2 Å². The average Bonchev–Trinajstić information content (AvgIpc) is 3.14. The maximum atomic E-state index is 13.2. The number of hydrogen-bond acceptors (Lipinski definition) is 4. The Bertz CT molecular complexity index is 716. The lowest BCUT2D eigenvalue weighted by Gasteiger charge is -2.20. The van der Waals surface area contributed by atoms with Gasteiger partial charge in [-0.25, -0.2) is 9.18 Å². The number of carbonyl (C=O) groups excluding carboxylic acids is 3. The van der Waals surface area contributed by atoms with Gasteiger partial charge in [-0.15, -0.1) is 0 Å². The zero-order valence-corrected chi connectivity index (χ0v) is 13.9. The fraction of sp³-hybridized carbons (Fsp3) is 0.471. The van der Waals surface area contributed by atoms with Gasteiger partial charge in [0.1, 0.15) is 17.1 Å². The van der Waals surface area contributed by atoms with Crippen molar-refractivity contribution in [3.63, 3.8) is 0 Å². The summed E-state index contributed by atoms with van der Waals surface area (Å²) in [5.74, 6) is -0.913. The first-order valence-corrected chi connectivity index (χ1v) is 8.23. The minimum atomic E-state index is -0.770. The van der Waals surface area contributed by atoms with E-state index in [0.29, 0.717) is 18.5 Å². The van der Waals surface area contributed by atoms with Crippen molar-refractivity contribution >= 4 is 23.5 Å². The van der Waals surface area contributed by atoms with Gasteiger partial charge >= 0.3 is 6.03 Å². The lowest BCUT2D eigenvalue weighted by Crippen LogP contribution is -2.44. The van der Waals surface area contributed by atoms with Gasteiger partial charge in [-0.05, 0) is 25.0 Å². The van der Waals surface area contributed by atoms with Gasteiger partial charge in [-0.1, -0.05) is 12.8 Å². The van der Waals surface area contributed by atoms with Gasteiger partial charge in [0.2, 0.25) is 5.91 Å². The molecule has 25 heavy (non-hydrogen) atoms. The van der Waals surface area contributed by atoms with Gasteiger partial charge in [-0.2, -0.15) is 0 Å². The number of anilines is 1. The fourth-order valence-electron chi connectivity index (χ4n) is 3.39. The first kappa shape index (κ1) is 17.2. The van der Waals surface area contributed by atoms with E-state index in [1.54, 1.807) is 0 Å². The Hall–Kier alpha value is -2.64. The van der Waals surface area contributed by atoms with Crippen LogP contribution in [0.25, 0.3) is 0 Å². The molecule has 1 saturated carbocycles. The van der Waals surface area contributed by atoms with Crippen LogP contribution in [0.3, 0.4) is 0 Å². The van der Waals surface area contributed by atoms with E-state index in [4.69, 9.17) is 4.74 Å². The highest BCUT2D eigenvalue weighted by Crippen LogP contribution is 2.35. The molecule has 0 aromatic heterocycles. The number of hydrogen-bond donors (Lipinski definition) is 2. The summed E-state index contributed by atoms with van der Waals surface area (Å²) < 4.78 is 18.2. The predicted octanol–water partition coefficient (Wildman–Crippen LogP) is 2.03. The van der Waals surface area contributed by atoms with Gasteiger partial charge in [0.15, 0.2) is 0 Å². The summed E-state index contributed by atoms with van der Waals surface area (Å²) in [5.41, 5.74) is -0.438. The summed E-state index contributed by atoms with van der Waals surface area (Å²) in [6.07, 6.45) is 3.06. The molecule has 2 fully saturated rings. The molecule has 7 nitrogen and oxygen atoms in total. The molecule has 1 saturated heterocycles. The number of amides is 4. The highest BCUT2D eigenvalue weighted by molar-refractivity contribution is 6.07. The third-order valence-electron chi connectivity index (χ3n) is 4.70. The molecule has 4 amide bonds. The van der Waals surface area contributed by atoms with E-state index in [9.17, 15) is 18.8 Å². The molecule has 1 aromatic rings. The monoisotopic (exact) mass is 349 g/mol. The second-order valence-electron chi connectivity index (χ2n) is 6.32. The zero-order chi connectivity index (χ0) is 18.0. The summed E-state index contributed by atoms with van der Waals surface area (Å²) in [7, 11) is 1.37. The van der Waals surface area contributed by atoms with Crippen molar-refractivity contribution in [3.05, 3.63) is 24.0 Å². The lowest BCUT2D eigenvalue weighted by molar-refractivity contribution is -0.131. The van der Waals surface area contributed by atoms with E-state index in [1.807, 2.05) is 0 Å². The van der Waals surface area contributed by atoms with E-state index in [1.165, 1.54) is 19.2 Å². The molecule has 1 spiro atoms. The number of urea groups is 1. The largest absolute Gasteiger partial charge is 0.494 e. The van der Waals surface area contributed by atoms with E-state index < -0.39 is 23.3 Å². The molecule has 0 atom stereocenters. The molecule has 0 unspecified atom stereocenters. The maximum absolute atomic E-state index is 13.2. The van der Waals surface area contributed by atoms with Crippen LogP contribution in [0.2, 0.25) is 0 Å². The molecule has 0 radical (unpaired) electrons. The highest BCUT2D eigenvalue weighted by atomic mass is 19.1. The Morgan fingerprint density at radius 1 is 1.36 bits per heavy atom. The third-order valence-corrected chi connectivity index (χ3v) is 4.70. The van der Waals surface area contributed by atoms with E-state index in [-0.39, 0.29) is 24.6 Å². The normalized spacial score (nSPS) is 18.6. The molecule has 0 bridgehead atoms. The summed E-state index contributed by atoms with van der Waals surface area (Å²) in [6.45, 7) is 0.00175. The third kappa shape index (κ3) is 3.29. The first-order valence-electron chi connectivity index (χ1n) is 8.23. The minimum Gasteiger partial charge on any atom is -0.494 e. The molecule has 2 N–H and O–H groups in total. The molecular weight excluding hydrogens is 329 g/mol. The molecule has 1 aliphatic carbocycles. The van der Waals surface area contributed by atoms with Gasteiger partial charge in [0.05, 0.1) is 12.8 Å². The Labute approximate surface area is 144 Å². The van der Waals surface area contributed by atoms with Crippen LogP contribution >= 0.6 is 0 Å². The topological polar surface area (TPSA) is 87.7 Å². The molecular formula is C17H20FN3O4. The van der Waals surface area contributed by atoms with Crippen LogP contribution in [0.4, 0.5) is 14.9 Å². The van der Waals surface area contributed by atoms with Crippen LogP contribution in [0.1, 0.15) is 32.1 Å². The van der Waals surface area contributed by atoms with Gasteiger partial charge < -0.3 is 15.4 Å². The minimum absolute atomic E-state index is 0.00175. The smallest absolute Gasteiger partial charge is 0.325 e. The first-order chi connectivity index (χ1) is 11.9. The zero-order valence-electron chi connectivity index (χ0n) is 13.9. The van der Waals surface area contributed by atoms with Crippen LogP contribution < -0.4 is 15.4 Å². The Morgan fingerprint density at radius 3 is 2.76 bits per heavy atom. The Morgan fingerprint density at radius 2 is 2.08 bits per heavy atom. The number of benzene rings is 1.